The van der Waals surface area contributed by atoms with Crippen molar-refractivity contribution in [3.63, 3.8) is 0 Å². The van der Waals surface area contributed by atoms with Crippen LogP contribution in [0.5, 0.6) is 0 Å². The molecule has 1 atom stereocenters. The molecule has 0 aliphatic rings. The van der Waals surface area contributed by atoms with Crippen LogP contribution in [0.25, 0.3) is 0 Å². The quantitative estimate of drug-likeness (QED) is 0.219. The van der Waals surface area contributed by atoms with Crippen molar-refractivity contribution in [3.8, 4) is 0 Å². The fourth-order valence-corrected chi connectivity index (χ4v) is 3.38. The Hall–Kier alpha value is -0.180. The molecule has 0 bridgehead atoms. The van der Waals surface area contributed by atoms with Crippen molar-refractivity contribution in [1.29, 1.82) is 0 Å². The Labute approximate surface area is 151 Å². The number of thiol groups is 1. The number of amides is 1. The summed E-state index contributed by atoms with van der Waals surface area (Å²) in [5, 5.41) is 0. The minimum absolute atomic E-state index is 0.0885. The zero-order valence-electron chi connectivity index (χ0n) is 15.7. The first kappa shape index (κ1) is 22.8. The average Bonchev–Trinajstić information content (AvgIpc) is 2.58. The highest BCUT2D eigenvalue weighted by Gasteiger charge is 2.13. The van der Waals surface area contributed by atoms with Gasteiger partial charge in [-0.25, -0.2) is 0 Å². The summed E-state index contributed by atoms with van der Waals surface area (Å²) < 4.78 is 2.47. The van der Waals surface area contributed by atoms with E-state index in [2.05, 4.69) is 31.4 Å². The van der Waals surface area contributed by atoms with Crippen LogP contribution in [0.3, 0.4) is 0 Å². The number of hydrogen-bond donors (Lipinski definition) is 2. The monoisotopic (exact) mass is 343 g/mol. The minimum atomic E-state index is 0.0885. The molecule has 1 amide bonds. The topological polar surface area (TPSA) is 29.1 Å². The lowest BCUT2D eigenvalue weighted by molar-refractivity contribution is -0.123. The van der Waals surface area contributed by atoms with E-state index in [9.17, 15) is 4.79 Å². The Bertz CT molecular complexity index is 258. The summed E-state index contributed by atoms with van der Waals surface area (Å²) in [5.74, 6) is 0.246. The maximum absolute atomic E-state index is 11.5. The van der Waals surface area contributed by atoms with Gasteiger partial charge in [-0.3, -0.25) is 4.79 Å². The van der Waals surface area contributed by atoms with Gasteiger partial charge in [0.1, 0.15) is 0 Å². The summed E-state index contributed by atoms with van der Waals surface area (Å²) in [4.78, 5) is 11.5. The molecule has 0 spiro atoms. The van der Waals surface area contributed by atoms with E-state index in [1.807, 2.05) is 0 Å². The van der Waals surface area contributed by atoms with E-state index in [0.29, 0.717) is 0 Å². The van der Waals surface area contributed by atoms with Crippen molar-refractivity contribution in [2.24, 2.45) is 5.92 Å². The van der Waals surface area contributed by atoms with Gasteiger partial charge in [-0.15, -0.1) is 0 Å². The molecule has 0 aromatic rings. The molecule has 0 heterocycles. The van der Waals surface area contributed by atoms with E-state index in [-0.39, 0.29) is 11.8 Å². The third-order valence-corrected chi connectivity index (χ3v) is 5.10. The second-order valence-electron chi connectivity index (χ2n) is 6.97. The Morgan fingerprint density at radius 2 is 1.13 bits per heavy atom. The molecular formula is C20H41NOS. The van der Waals surface area contributed by atoms with E-state index in [1.165, 1.54) is 89.9 Å². The van der Waals surface area contributed by atoms with Gasteiger partial charge in [0.2, 0.25) is 5.91 Å². The first-order valence-corrected chi connectivity index (χ1v) is 10.6. The molecule has 0 aromatic carbocycles. The van der Waals surface area contributed by atoms with Gasteiger partial charge in [-0.05, 0) is 12.8 Å². The lowest BCUT2D eigenvalue weighted by Crippen LogP contribution is -2.23. The molecule has 1 unspecified atom stereocenters. The SMILES string of the molecule is CCCCCCCCCCCCCCCCC(CC)C(=O)NS. The molecule has 0 fully saturated rings. The first-order chi connectivity index (χ1) is 11.3. The highest BCUT2D eigenvalue weighted by molar-refractivity contribution is 7.78. The molecule has 0 aliphatic heterocycles. The fraction of sp³-hybridized carbons (Fsp3) is 0.950. The zero-order chi connectivity index (χ0) is 17.2. The molecule has 2 nitrogen and oxygen atoms in total. The second-order valence-corrected chi connectivity index (χ2v) is 7.19. The number of rotatable bonds is 17. The van der Waals surface area contributed by atoms with Gasteiger partial charge >= 0.3 is 0 Å². The second kappa shape index (κ2) is 18.2. The molecule has 23 heavy (non-hydrogen) atoms. The van der Waals surface area contributed by atoms with Crippen LogP contribution < -0.4 is 4.72 Å². The smallest absolute Gasteiger partial charge is 0.232 e. The number of hydrogen-bond acceptors (Lipinski definition) is 2. The van der Waals surface area contributed by atoms with E-state index < -0.39 is 0 Å². The highest BCUT2D eigenvalue weighted by atomic mass is 32.1. The normalized spacial score (nSPS) is 12.3. The highest BCUT2D eigenvalue weighted by Crippen LogP contribution is 2.16. The maximum Gasteiger partial charge on any atom is 0.232 e. The minimum Gasteiger partial charge on any atom is -0.303 e. The van der Waals surface area contributed by atoms with Crippen LogP contribution in [0.1, 0.15) is 117 Å². The lowest BCUT2D eigenvalue weighted by atomic mass is 9.97. The Kier molecular flexibility index (Phi) is 18.0. The number of nitrogens with one attached hydrogen (secondary N) is 1. The van der Waals surface area contributed by atoms with Gasteiger partial charge < -0.3 is 4.72 Å². The predicted molar refractivity (Wildman–Crippen MR) is 106 cm³/mol. The predicted octanol–water partition coefficient (Wildman–Crippen LogP) is 6.85. The van der Waals surface area contributed by atoms with E-state index in [4.69, 9.17) is 0 Å². The van der Waals surface area contributed by atoms with Gasteiger partial charge in [0, 0.05) is 5.92 Å². The van der Waals surface area contributed by atoms with Crippen LogP contribution in [-0.2, 0) is 4.79 Å². The van der Waals surface area contributed by atoms with Gasteiger partial charge in [0.25, 0.3) is 0 Å². The summed E-state index contributed by atoms with van der Waals surface area (Å²) in [7, 11) is 0. The van der Waals surface area contributed by atoms with Crippen LogP contribution in [0, 0.1) is 5.92 Å². The standard InChI is InChI=1S/C20H41NOS/c1-3-5-6-7-8-9-10-11-12-13-14-15-16-17-18-19(4-2)20(22)21-23/h19,23H,3-18H2,1-2H3,(H,21,22). The van der Waals surface area contributed by atoms with Gasteiger partial charge in [0.05, 0.1) is 0 Å². The largest absolute Gasteiger partial charge is 0.303 e. The molecule has 0 saturated carbocycles. The maximum atomic E-state index is 11.5. The summed E-state index contributed by atoms with van der Waals surface area (Å²) >= 11 is 3.86. The number of carbonyl (C=O) groups excluding carboxylic acids is 1. The van der Waals surface area contributed by atoms with Crippen LogP contribution in [0.4, 0.5) is 0 Å². The third-order valence-electron chi connectivity index (χ3n) is 4.88. The van der Waals surface area contributed by atoms with E-state index in [1.54, 1.807) is 0 Å². The fourth-order valence-electron chi connectivity index (χ4n) is 3.20. The Morgan fingerprint density at radius 3 is 1.48 bits per heavy atom. The van der Waals surface area contributed by atoms with Crippen molar-refractivity contribution in [3.05, 3.63) is 0 Å². The molecule has 3 heteroatoms. The van der Waals surface area contributed by atoms with Crippen molar-refractivity contribution < 1.29 is 4.79 Å². The summed E-state index contributed by atoms with van der Waals surface area (Å²) in [5.41, 5.74) is 0. The van der Waals surface area contributed by atoms with Crippen LogP contribution >= 0.6 is 12.8 Å². The van der Waals surface area contributed by atoms with Crippen molar-refractivity contribution in [2.75, 3.05) is 0 Å². The number of carbonyl (C=O) groups is 1. The molecule has 0 radical (unpaired) electrons. The van der Waals surface area contributed by atoms with E-state index in [0.717, 1.165) is 12.8 Å². The molecular weight excluding hydrogens is 302 g/mol. The molecule has 1 N–H and O–H groups in total. The average molecular weight is 344 g/mol. The first-order valence-electron chi connectivity index (χ1n) is 10.2. The van der Waals surface area contributed by atoms with Crippen molar-refractivity contribution in [2.45, 2.75) is 117 Å². The van der Waals surface area contributed by atoms with Crippen LogP contribution in [0.15, 0.2) is 0 Å². The lowest BCUT2D eigenvalue weighted by Gasteiger charge is -2.12. The molecule has 0 aliphatic carbocycles. The van der Waals surface area contributed by atoms with Gasteiger partial charge in [0.15, 0.2) is 0 Å². The summed E-state index contributed by atoms with van der Waals surface area (Å²) in [6.45, 7) is 4.36. The van der Waals surface area contributed by atoms with Crippen LogP contribution in [0.2, 0.25) is 0 Å². The third kappa shape index (κ3) is 15.1. The molecule has 138 valence electrons. The molecule has 0 aromatic heterocycles. The Morgan fingerprint density at radius 1 is 0.739 bits per heavy atom. The molecule has 0 rings (SSSR count). The van der Waals surface area contributed by atoms with Crippen molar-refractivity contribution in [1.82, 2.24) is 4.72 Å². The summed E-state index contributed by atoms with van der Waals surface area (Å²) in [6, 6.07) is 0. The van der Waals surface area contributed by atoms with Gasteiger partial charge in [-0.2, -0.15) is 0 Å². The number of unbranched alkanes of at least 4 members (excludes halogenated alkanes) is 13. The van der Waals surface area contributed by atoms with Gasteiger partial charge in [-0.1, -0.05) is 117 Å². The molecule has 0 saturated heterocycles. The van der Waals surface area contributed by atoms with Crippen LogP contribution in [-0.4, -0.2) is 5.91 Å². The van der Waals surface area contributed by atoms with Crippen molar-refractivity contribution >= 4 is 18.7 Å². The Balaban J connectivity index is 3.20. The summed E-state index contributed by atoms with van der Waals surface area (Å²) in [6.07, 6.45) is 21.3. The zero-order valence-corrected chi connectivity index (χ0v) is 16.6. The van der Waals surface area contributed by atoms with E-state index >= 15 is 0 Å².